The van der Waals surface area contributed by atoms with Crippen LogP contribution in [0.15, 0.2) is 40.2 Å². The van der Waals surface area contributed by atoms with Gasteiger partial charge in [0, 0.05) is 22.6 Å². The predicted octanol–water partition coefficient (Wildman–Crippen LogP) is 3.83. The van der Waals surface area contributed by atoms with Crippen molar-refractivity contribution in [1.82, 2.24) is 9.55 Å². The van der Waals surface area contributed by atoms with Crippen LogP contribution in [0.4, 0.5) is 13.2 Å². The van der Waals surface area contributed by atoms with Crippen molar-refractivity contribution in [3.63, 3.8) is 0 Å². The lowest BCUT2D eigenvalue weighted by Gasteiger charge is -2.12. The molecule has 0 spiro atoms. The molecule has 21 heavy (non-hydrogen) atoms. The molecule has 1 aromatic heterocycles. The van der Waals surface area contributed by atoms with Gasteiger partial charge in [-0.05, 0) is 18.2 Å². The number of aliphatic carboxylic acids is 1. The Balaban J connectivity index is 2.41. The summed E-state index contributed by atoms with van der Waals surface area (Å²) in [6, 6.07) is 3.46. The number of aromatic nitrogens is 2. The number of halogens is 4. The molecule has 0 amide bonds. The second-order valence-electron chi connectivity index (χ2n) is 3.96. The fourth-order valence-electron chi connectivity index (χ4n) is 1.60. The lowest BCUT2D eigenvalue weighted by atomic mass is 10.2. The van der Waals surface area contributed by atoms with Gasteiger partial charge in [0.2, 0.25) is 0 Å². The van der Waals surface area contributed by atoms with Crippen LogP contribution < -0.4 is 0 Å². The van der Waals surface area contributed by atoms with Gasteiger partial charge in [-0.25, -0.2) is 4.98 Å². The van der Waals surface area contributed by atoms with E-state index in [2.05, 4.69) is 20.9 Å². The number of nitrogens with zero attached hydrogens (tertiary/aromatic N) is 2. The molecular weight excluding hydrogens is 373 g/mol. The van der Waals surface area contributed by atoms with E-state index in [1.807, 2.05) is 0 Å². The number of rotatable bonds is 4. The Morgan fingerprint density at radius 2 is 2.10 bits per heavy atom. The Hall–Kier alpha value is -1.48. The molecule has 0 unspecified atom stereocenters. The third-order valence-electron chi connectivity index (χ3n) is 2.42. The third kappa shape index (κ3) is 4.01. The Labute approximate surface area is 130 Å². The van der Waals surface area contributed by atoms with E-state index in [4.69, 9.17) is 5.11 Å². The van der Waals surface area contributed by atoms with Gasteiger partial charge >= 0.3 is 12.1 Å². The summed E-state index contributed by atoms with van der Waals surface area (Å²) in [6.07, 6.45) is -1.59. The molecule has 0 saturated heterocycles. The number of thioether (sulfide) groups is 1. The van der Waals surface area contributed by atoms with Crippen LogP contribution in [0, 0.1) is 0 Å². The van der Waals surface area contributed by atoms with Gasteiger partial charge in [0.05, 0.1) is 11.3 Å². The van der Waals surface area contributed by atoms with Crippen molar-refractivity contribution in [3.05, 3.63) is 40.6 Å². The van der Waals surface area contributed by atoms with Crippen LogP contribution in [0.2, 0.25) is 0 Å². The average molecular weight is 381 g/mol. The molecule has 0 aliphatic heterocycles. The third-order valence-corrected chi connectivity index (χ3v) is 3.83. The quantitative estimate of drug-likeness (QED) is 0.818. The largest absolute Gasteiger partial charge is 0.481 e. The Bertz CT molecular complexity index is 673. The van der Waals surface area contributed by atoms with Gasteiger partial charge in [0.15, 0.2) is 5.16 Å². The van der Waals surface area contributed by atoms with Crippen molar-refractivity contribution in [2.75, 3.05) is 5.75 Å². The SMILES string of the molecule is O=C(O)CSc1nccn1-c1cc(Br)cc(C(F)(F)F)c1. The number of hydrogen-bond donors (Lipinski definition) is 1. The number of carboxylic acid groups (broad SMARTS) is 1. The van der Waals surface area contributed by atoms with Crippen molar-refractivity contribution < 1.29 is 23.1 Å². The smallest absolute Gasteiger partial charge is 0.416 e. The molecule has 1 N–H and O–H groups in total. The normalized spacial score (nSPS) is 11.6. The molecule has 1 heterocycles. The van der Waals surface area contributed by atoms with Crippen LogP contribution in [0.5, 0.6) is 0 Å². The maximum Gasteiger partial charge on any atom is 0.416 e. The predicted molar refractivity (Wildman–Crippen MR) is 74.6 cm³/mol. The van der Waals surface area contributed by atoms with Crippen LogP contribution in [-0.2, 0) is 11.0 Å². The van der Waals surface area contributed by atoms with Gasteiger partial charge in [0.1, 0.15) is 0 Å². The molecule has 0 radical (unpaired) electrons. The molecule has 0 aliphatic carbocycles. The summed E-state index contributed by atoms with van der Waals surface area (Å²) in [6.45, 7) is 0. The van der Waals surface area contributed by atoms with Crippen LogP contribution in [0.3, 0.4) is 0 Å². The zero-order valence-corrected chi connectivity index (χ0v) is 12.7. The maximum absolute atomic E-state index is 12.8. The second kappa shape index (κ2) is 6.10. The first-order valence-electron chi connectivity index (χ1n) is 5.53. The minimum atomic E-state index is -4.46. The average Bonchev–Trinajstić information content (AvgIpc) is 2.82. The summed E-state index contributed by atoms with van der Waals surface area (Å²) in [5.74, 6) is -1.25. The molecule has 9 heteroatoms. The van der Waals surface area contributed by atoms with Gasteiger partial charge in [0.25, 0.3) is 0 Å². The monoisotopic (exact) mass is 380 g/mol. The van der Waals surface area contributed by atoms with E-state index in [1.165, 1.54) is 23.0 Å². The van der Waals surface area contributed by atoms with Crippen LogP contribution >= 0.6 is 27.7 Å². The number of carboxylic acids is 1. The van der Waals surface area contributed by atoms with Gasteiger partial charge in [-0.2, -0.15) is 13.2 Å². The van der Waals surface area contributed by atoms with Gasteiger partial charge < -0.3 is 5.11 Å². The number of benzene rings is 1. The van der Waals surface area contributed by atoms with E-state index >= 15 is 0 Å². The topological polar surface area (TPSA) is 55.1 Å². The summed E-state index contributed by atoms with van der Waals surface area (Å²) in [7, 11) is 0. The zero-order valence-electron chi connectivity index (χ0n) is 10.3. The van der Waals surface area contributed by atoms with Crippen molar-refractivity contribution in [3.8, 4) is 5.69 Å². The highest BCUT2D eigenvalue weighted by Crippen LogP contribution is 2.33. The molecule has 2 aromatic rings. The van der Waals surface area contributed by atoms with Crippen molar-refractivity contribution in [2.45, 2.75) is 11.3 Å². The lowest BCUT2D eigenvalue weighted by molar-refractivity contribution is -0.137. The molecule has 2 rings (SSSR count). The number of imidazole rings is 1. The van der Waals surface area contributed by atoms with Gasteiger partial charge in [-0.1, -0.05) is 27.7 Å². The van der Waals surface area contributed by atoms with E-state index < -0.39 is 17.7 Å². The highest BCUT2D eigenvalue weighted by Gasteiger charge is 2.31. The molecule has 0 fully saturated rings. The summed E-state index contributed by atoms with van der Waals surface area (Å²) in [5, 5.41) is 8.96. The lowest BCUT2D eigenvalue weighted by Crippen LogP contribution is -2.07. The molecular formula is C12H8BrF3N2O2S. The Morgan fingerprint density at radius 3 is 2.71 bits per heavy atom. The van der Waals surface area contributed by atoms with E-state index in [9.17, 15) is 18.0 Å². The Kier molecular flexibility index (Phi) is 4.62. The summed E-state index contributed by atoms with van der Waals surface area (Å²) >= 11 is 3.97. The fraction of sp³-hybridized carbons (Fsp3) is 0.167. The second-order valence-corrected chi connectivity index (χ2v) is 5.82. The molecule has 0 atom stereocenters. The first kappa shape index (κ1) is 15.9. The van der Waals surface area contributed by atoms with E-state index in [1.54, 1.807) is 0 Å². The minimum Gasteiger partial charge on any atom is -0.481 e. The van der Waals surface area contributed by atoms with Crippen molar-refractivity contribution in [2.24, 2.45) is 0 Å². The van der Waals surface area contributed by atoms with Crippen LogP contribution in [0.1, 0.15) is 5.56 Å². The zero-order chi connectivity index (χ0) is 15.6. The Morgan fingerprint density at radius 1 is 1.38 bits per heavy atom. The van der Waals surface area contributed by atoms with Gasteiger partial charge in [-0.15, -0.1) is 0 Å². The van der Waals surface area contributed by atoms with E-state index in [0.717, 1.165) is 23.9 Å². The van der Waals surface area contributed by atoms with Crippen molar-refractivity contribution >= 4 is 33.7 Å². The van der Waals surface area contributed by atoms with Crippen molar-refractivity contribution in [1.29, 1.82) is 0 Å². The first-order valence-corrected chi connectivity index (χ1v) is 7.31. The van der Waals surface area contributed by atoms with Crippen LogP contribution in [0.25, 0.3) is 5.69 Å². The number of carbonyl (C=O) groups is 1. The number of alkyl halides is 3. The number of hydrogen-bond acceptors (Lipinski definition) is 3. The summed E-state index contributed by atoms with van der Waals surface area (Å²) in [4.78, 5) is 14.5. The summed E-state index contributed by atoms with van der Waals surface area (Å²) < 4.78 is 40.1. The molecule has 4 nitrogen and oxygen atoms in total. The van der Waals surface area contributed by atoms with E-state index in [0.29, 0.717) is 5.16 Å². The summed E-state index contributed by atoms with van der Waals surface area (Å²) in [5.41, 5.74) is -0.545. The van der Waals surface area contributed by atoms with Crippen LogP contribution in [-0.4, -0.2) is 26.4 Å². The van der Waals surface area contributed by atoms with Gasteiger partial charge in [-0.3, -0.25) is 9.36 Å². The highest BCUT2D eigenvalue weighted by atomic mass is 79.9. The minimum absolute atomic E-state index is 0.225. The molecule has 0 bridgehead atoms. The maximum atomic E-state index is 12.8. The molecule has 0 aliphatic rings. The molecule has 1 aromatic carbocycles. The highest BCUT2D eigenvalue weighted by molar-refractivity contribution is 9.10. The first-order chi connectivity index (χ1) is 9.77. The standard InChI is InChI=1S/C12H8BrF3N2O2S/c13-8-3-7(12(14,15)16)4-9(5-8)18-2-1-17-11(18)21-6-10(19)20/h1-5H,6H2,(H,19,20). The molecule has 0 saturated carbocycles. The molecule has 112 valence electrons. The van der Waals surface area contributed by atoms with E-state index in [-0.39, 0.29) is 15.9 Å². The fourth-order valence-corrected chi connectivity index (χ4v) is 2.77.